The number of halogens is 1. The summed E-state index contributed by atoms with van der Waals surface area (Å²) in [7, 11) is 0. The van der Waals surface area contributed by atoms with E-state index in [1.54, 1.807) is 0 Å². The molecule has 1 fully saturated rings. The highest BCUT2D eigenvalue weighted by atomic mass is 79.9. The van der Waals surface area contributed by atoms with Crippen molar-refractivity contribution in [1.82, 2.24) is 20.2 Å². The fourth-order valence-electron chi connectivity index (χ4n) is 1.79. The number of hydrogen-bond acceptors (Lipinski definition) is 5. The molecule has 1 aromatic heterocycles. The smallest absolute Gasteiger partial charge is 0.209 e. The van der Waals surface area contributed by atoms with Crippen molar-refractivity contribution in [3.05, 3.63) is 34.3 Å². The topological polar surface area (TPSA) is 63.8 Å². The van der Waals surface area contributed by atoms with Crippen LogP contribution in [0.5, 0.6) is 0 Å². The van der Waals surface area contributed by atoms with E-state index in [4.69, 9.17) is 0 Å². The molecule has 3 rings (SSSR count). The third kappa shape index (κ3) is 3.16. The Hall–Kier alpha value is -0.920. The predicted molar refractivity (Wildman–Crippen MR) is 75.9 cm³/mol. The van der Waals surface area contributed by atoms with Crippen LogP contribution in [0.3, 0.4) is 0 Å². The van der Waals surface area contributed by atoms with Gasteiger partial charge in [-0.05, 0) is 41.0 Å². The van der Waals surface area contributed by atoms with Gasteiger partial charge in [-0.25, -0.2) is 4.68 Å². The van der Waals surface area contributed by atoms with Gasteiger partial charge in [0.2, 0.25) is 5.16 Å². The van der Waals surface area contributed by atoms with Gasteiger partial charge in [0, 0.05) is 10.2 Å². The monoisotopic (exact) mass is 340 g/mol. The van der Waals surface area contributed by atoms with Crippen molar-refractivity contribution in [2.75, 3.05) is 5.75 Å². The Labute approximate surface area is 123 Å². The average molecular weight is 341 g/mol. The number of thioether (sulfide) groups is 1. The summed E-state index contributed by atoms with van der Waals surface area (Å²) >= 11 is 4.90. The number of aromatic nitrogens is 4. The van der Waals surface area contributed by atoms with Gasteiger partial charge in [-0.3, -0.25) is 0 Å². The minimum atomic E-state index is -0.521. The van der Waals surface area contributed by atoms with Crippen molar-refractivity contribution in [2.45, 2.75) is 30.1 Å². The Morgan fingerprint density at radius 3 is 3.05 bits per heavy atom. The van der Waals surface area contributed by atoms with E-state index in [9.17, 15) is 5.11 Å². The van der Waals surface area contributed by atoms with Crippen molar-refractivity contribution in [2.24, 2.45) is 0 Å². The number of aliphatic hydroxyl groups excluding tert-OH is 1. The van der Waals surface area contributed by atoms with Crippen LogP contribution in [0.25, 0.3) is 0 Å². The molecule has 100 valence electrons. The molecule has 1 unspecified atom stereocenters. The third-order valence-electron chi connectivity index (χ3n) is 2.96. The van der Waals surface area contributed by atoms with Crippen LogP contribution in [-0.2, 0) is 0 Å². The third-order valence-corrected chi connectivity index (χ3v) is 4.46. The number of nitrogens with zero attached hydrogens (tertiary/aromatic N) is 4. The summed E-state index contributed by atoms with van der Waals surface area (Å²) in [6.45, 7) is 0. The van der Waals surface area contributed by atoms with Crippen molar-refractivity contribution in [1.29, 1.82) is 0 Å². The first-order valence-corrected chi connectivity index (χ1v) is 7.86. The summed E-state index contributed by atoms with van der Waals surface area (Å²) in [5.74, 6) is 0.545. The highest BCUT2D eigenvalue weighted by Crippen LogP contribution is 2.37. The molecule has 0 amide bonds. The standard InChI is InChI=1S/C12H13BrN4OS/c13-9-3-1-2-8(6-9)11(18)7-19-12-14-15-16-17(12)10-4-5-10/h1-3,6,10-11,18H,4-5,7H2. The maximum Gasteiger partial charge on any atom is 0.209 e. The van der Waals surface area contributed by atoms with Gasteiger partial charge in [0.1, 0.15) is 0 Å². The Morgan fingerprint density at radius 2 is 2.32 bits per heavy atom. The van der Waals surface area contributed by atoms with Gasteiger partial charge < -0.3 is 5.11 Å². The molecule has 0 spiro atoms. The molecular weight excluding hydrogens is 328 g/mol. The molecule has 0 bridgehead atoms. The number of hydrogen-bond donors (Lipinski definition) is 1. The van der Waals surface area contributed by atoms with Crippen molar-refractivity contribution in [3.8, 4) is 0 Å². The molecule has 0 aliphatic heterocycles. The Morgan fingerprint density at radius 1 is 1.47 bits per heavy atom. The van der Waals surface area contributed by atoms with E-state index in [1.807, 2.05) is 28.9 Å². The Kier molecular flexibility index (Phi) is 3.86. The number of tetrazole rings is 1. The lowest BCUT2D eigenvalue weighted by molar-refractivity contribution is 0.204. The van der Waals surface area contributed by atoms with Crippen LogP contribution >= 0.6 is 27.7 Å². The van der Waals surface area contributed by atoms with E-state index >= 15 is 0 Å². The molecular formula is C12H13BrN4OS. The zero-order valence-corrected chi connectivity index (χ0v) is 12.5. The van der Waals surface area contributed by atoms with Crippen LogP contribution in [0, 0.1) is 0 Å². The normalized spacial score (nSPS) is 16.5. The van der Waals surface area contributed by atoms with Gasteiger partial charge in [0.15, 0.2) is 0 Å². The SMILES string of the molecule is OC(CSc1nnnn1C1CC1)c1cccc(Br)c1. The lowest BCUT2D eigenvalue weighted by atomic mass is 10.1. The van der Waals surface area contributed by atoms with Crippen LogP contribution in [0.2, 0.25) is 0 Å². The van der Waals surface area contributed by atoms with Gasteiger partial charge in [0.25, 0.3) is 0 Å². The van der Waals surface area contributed by atoms with Crippen molar-refractivity contribution in [3.63, 3.8) is 0 Å². The van der Waals surface area contributed by atoms with Crippen LogP contribution in [0.4, 0.5) is 0 Å². The van der Waals surface area contributed by atoms with Crippen LogP contribution in [0.1, 0.15) is 30.6 Å². The summed E-state index contributed by atoms with van der Waals surface area (Å²) in [5.41, 5.74) is 0.896. The van der Waals surface area contributed by atoms with Crippen LogP contribution < -0.4 is 0 Å². The second-order valence-electron chi connectivity index (χ2n) is 4.52. The van der Waals surface area contributed by atoms with Gasteiger partial charge in [-0.15, -0.1) is 5.10 Å². The molecule has 0 radical (unpaired) electrons. The molecule has 1 atom stereocenters. The molecule has 19 heavy (non-hydrogen) atoms. The second-order valence-corrected chi connectivity index (χ2v) is 6.42. The highest BCUT2D eigenvalue weighted by molar-refractivity contribution is 9.10. The first-order valence-electron chi connectivity index (χ1n) is 6.08. The van der Waals surface area contributed by atoms with E-state index in [-0.39, 0.29) is 0 Å². The number of benzene rings is 1. The van der Waals surface area contributed by atoms with Crippen molar-refractivity contribution >= 4 is 27.7 Å². The lowest BCUT2D eigenvalue weighted by Gasteiger charge is -2.10. The molecule has 0 saturated heterocycles. The molecule has 1 aromatic carbocycles. The maximum absolute atomic E-state index is 10.2. The summed E-state index contributed by atoms with van der Waals surface area (Å²) in [6, 6.07) is 8.16. The van der Waals surface area contributed by atoms with Crippen molar-refractivity contribution < 1.29 is 5.11 Å². The van der Waals surface area contributed by atoms with E-state index in [0.717, 1.165) is 28.0 Å². The first kappa shape index (κ1) is 13.1. The summed E-state index contributed by atoms with van der Waals surface area (Å²) in [5, 5.41) is 22.7. The molecule has 5 nitrogen and oxygen atoms in total. The van der Waals surface area contributed by atoms with Gasteiger partial charge in [-0.1, -0.05) is 39.8 Å². The quantitative estimate of drug-likeness (QED) is 0.847. The summed E-state index contributed by atoms with van der Waals surface area (Å²) in [6.07, 6.45) is 1.77. The van der Waals surface area contributed by atoms with Gasteiger partial charge >= 0.3 is 0 Å². The van der Waals surface area contributed by atoms with Gasteiger partial charge in [0.05, 0.1) is 12.1 Å². The zero-order valence-electron chi connectivity index (χ0n) is 10.1. The van der Waals surface area contributed by atoms with Crippen LogP contribution in [-0.4, -0.2) is 31.1 Å². The van der Waals surface area contributed by atoms with E-state index in [1.165, 1.54) is 11.8 Å². The molecule has 2 aromatic rings. The highest BCUT2D eigenvalue weighted by Gasteiger charge is 2.28. The fraction of sp³-hybridized carbons (Fsp3) is 0.417. The second kappa shape index (κ2) is 5.60. The molecule has 1 aliphatic rings. The minimum Gasteiger partial charge on any atom is -0.388 e. The molecule has 1 saturated carbocycles. The van der Waals surface area contributed by atoms with E-state index < -0.39 is 6.10 Å². The molecule has 1 heterocycles. The molecule has 7 heteroatoms. The summed E-state index contributed by atoms with van der Waals surface area (Å²) in [4.78, 5) is 0. The average Bonchev–Trinajstić information content (AvgIpc) is 3.15. The number of aliphatic hydroxyl groups is 1. The first-order chi connectivity index (χ1) is 9.24. The maximum atomic E-state index is 10.2. The Balaban J connectivity index is 1.63. The predicted octanol–water partition coefficient (Wildman–Crippen LogP) is 2.60. The molecule has 1 aliphatic carbocycles. The largest absolute Gasteiger partial charge is 0.388 e. The lowest BCUT2D eigenvalue weighted by Crippen LogP contribution is -2.03. The molecule has 1 N–H and O–H groups in total. The van der Waals surface area contributed by atoms with E-state index in [0.29, 0.717) is 11.8 Å². The number of rotatable bonds is 5. The van der Waals surface area contributed by atoms with E-state index in [2.05, 4.69) is 31.5 Å². The fourth-order valence-corrected chi connectivity index (χ4v) is 3.12. The van der Waals surface area contributed by atoms with Crippen LogP contribution in [0.15, 0.2) is 33.9 Å². The Bertz CT molecular complexity index is 572. The van der Waals surface area contributed by atoms with Gasteiger partial charge in [-0.2, -0.15) is 0 Å². The minimum absolute atomic E-state index is 0.459. The zero-order chi connectivity index (χ0) is 13.2. The summed E-state index contributed by atoms with van der Waals surface area (Å²) < 4.78 is 2.83.